The topological polar surface area (TPSA) is 56.1 Å². The molecule has 1 atom stereocenters. The summed E-state index contributed by atoms with van der Waals surface area (Å²) < 4.78 is 129. The van der Waals surface area contributed by atoms with Crippen LogP contribution < -0.4 is 4.90 Å². The van der Waals surface area contributed by atoms with Crippen LogP contribution >= 0.6 is 0 Å². The van der Waals surface area contributed by atoms with Crippen LogP contribution in [0, 0.1) is 5.92 Å². The number of anilines is 1. The van der Waals surface area contributed by atoms with Crippen molar-refractivity contribution < 1.29 is 44.3 Å². The van der Waals surface area contributed by atoms with E-state index in [1.165, 1.54) is 25.1 Å². The molecule has 1 aromatic heterocycles. The Bertz CT molecular complexity index is 1360. The summed E-state index contributed by atoms with van der Waals surface area (Å²) in [4.78, 5) is 2.20. The predicted molar refractivity (Wildman–Crippen MR) is 133 cm³/mol. The van der Waals surface area contributed by atoms with Crippen molar-refractivity contribution in [3.63, 3.8) is 0 Å². The first-order valence-corrected chi connectivity index (χ1v) is 12.9. The van der Waals surface area contributed by atoms with Crippen LogP contribution in [-0.4, -0.2) is 27.3 Å². The van der Waals surface area contributed by atoms with E-state index in [4.69, 9.17) is 4.74 Å². The number of aryl methyl sites for hydroxylation is 1. The van der Waals surface area contributed by atoms with Gasteiger partial charge in [0.15, 0.2) is 0 Å². The van der Waals surface area contributed by atoms with Gasteiger partial charge in [-0.1, -0.05) is 24.0 Å². The zero-order chi connectivity index (χ0) is 31.1. The lowest BCUT2D eigenvalue weighted by molar-refractivity contribution is -0.143. The van der Waals surface area contributed by atoms with Crippen molar-refractivity contribution in [3.8, 4) is 0 Å². The Labute approximate surface area is 235 Å². The van der Waals surface area contributed by atoms with Crippen LogP contribution in [0.5, 0.6) is 0 Å². The van der Waals surface area contributed by atoms with Gasteiger partial charge in [0.25, 0.3) is 5.95 Å². The predicted octanol–water partition coefficient (Wildman–Crippen LogP) is 7.53. The van der Waals surface area contributed by atoms with Crippen LogP contribution in [0.2, 0.25) is 0 Å². The summed E-state index contributed by atoms with van der Waals surface area (Å²) >= 11 is 0. The maximum atomic E-state index is 13.8. The van der Waals surface area contributed by atoms with E-state index in [9.17, 15) is 39.5 Å². The monoisotopic (exact) mass is 609 g/mol. The Morgan fingerprint density at radius 1 is 0.833 bits per heavy atom. The Morgan fingerprint density at radius 3 is 1.88 bits per heavy atom. The first-order valence-electron chi connectivity index (χ1n) is 12.9. The number of alkyl halides is 9. The van der Waals surface area contributed by atoms with Gasteiger partial charge in [-0.05, 0) is 77.9 Å². The highest BCUT2D eigenvalue weighted by Gasteiger charge is 2.41. The van der Waals surface area contributed by atoms with Crippen LogP contribution in [0.4, 0.5) is 45.5 Å². The highest BCUT2D eigenvalue weighted by Crippen LogP contribution is 2.45. The molecule has 1 unspecified atom stereocenters. The highest BCUT2D eigenvalue weighted by atomic mass is 19.4. The van der Waals surface area contributed by atoms with Crippen molar-refractivity contribution in [3.05, 3.63) is 69.8 Å². The van der Waals surface area contributed by atoms with Gasteiger partial charge in [-0.2, -0.15) is 44.3 Å². The van der Waals surface area contributed by atoms with Gasteiger partial charge in [0.1, 0.15) is 0 Å². The van der Waals surface area contributed by atoms with Crippen LogP contribution in [0.3, 0.4) is 0 Å². The minimum Gasteiger partial charge on any atom is -0.374 e. The fraction of sp³-hybridized carbons (Fsp3) is 0.519. The van der Waals surface area contributed by atoms with Gasteiger partial charge in [-0.3, -0.25) is 0 Å². The number of aromatic nitrogens is 4. The van der Waals surface area contributed by atoms with E-state index in [2.05, 4.69) is 15.4 Å². The average molecular weight is 610 g/mol. The third-order valence-corrected chi connectivity index (χ3v) is 7.69. The fourth-order valence-electron chi connectivity index (χ4n) is 5.49. The molecule has 1 aliphatic rings. The van der Waals surface area contributed by atoms with Crippen LogP contribution in [0.15, 0.2) is 36.4 Å². The first-order chi connectivity index (χ1) is 19.4. The number of halogens is 9. The normalized spacial score (nSPS) is 16.6. The van der Waals surface area contributed by atoms with E-state index in [-0.39, 0.29) is 23.5 Å². The lowest BCUT2D eigenvalue weighted by Gasteiger charge is -2.37. The largest absolute Gasteiger partial charge is 0.416 e. The van der Waals surface area contributed by atoms with Gasteiger partial charge in [-0.15, -0.1) is 5.10 Å². The molecular weight excluding hydrogens is 581 g/mol. The van der Waals surface area contributed by atoms with Gasteiger partial charge >= 0.3 is 18.5 Å². The zero-order valence-corrected chi connectivity index (χ0v) is 22.8. The third kappa shape index (κ3) is 6.81. The minimum atomic E-state index is -5.08. The molecule has 2 aromatic carbocycles. The lowest BCUT2D eigenvalue weighted by atomic mass is 9.78. The second-order valence-electron chi connectivity index (χ2n) is 10.5. The van der Waals surface area contributed by atoms with E-state index >= 15 is 0 Å². The summed E-state index contributed by atoms with van der Waals surface area (Å²) in [5, 5.41) is 11.6. The number of ether oxygens (including phenoxy) is 1. The number of tetrazole rings is 1. The molecule has 0 radical (unpaired) electrons. The maximum Gasteiger partial charge on any atom is 0.416 e. The summed E-state index contributed by atoms with van der Waals surface area (Å²) in [6.07, 6.45) is -11.5. The van der Waals surface area contributed by atoms with Crippen LogP contribution in [-0.2, 0) is 49.0 Å². The second kappa shape index (κ2) is 11.4. The van der Waals surface area contributed by atoms with E-state index in [1.54, 1.807) is 6.92 Å². The van der Waals surface area contributed by atoms with E-state index in [1.807, 2.05) is 0 Å². The number of methoxy groups -OCH3 is 1. The minimum absolute atomic E-state index is 0.00491. The van der Waals surface area contributed by atoms with Crippen molar-refractivity contribution in [1.82, 2.24) is 20.2 Å². The number of hydrogen-bond acceptors (Lipinski definition) is 5. The molecule has 0 saturated heterocycles. The van der Waals surface area contributed by atoms with Crippen molar-refractivity contribution in [2.24, 2.45) is 13.0 Å². The number of nitrogens with zero attached hydrogens (tertiary/aromatic N) is 5. The highest BCUT2D eigenvalue weighted by molar-refractivity contribution is 5.43. The quantitative estimate of drug-likeness (QED) is 0.247. The molecule has 15 heteroatoms. The molecule has 1 aliphatic carbocycles. The molecule has 0 N–H and O–H groups in total. The van der Waals surface area contributed by atoms with E-state index in [0.717, 1.165) is 42.6 Å². The lowest BCUT2D eigenvalue weighted by Crippen LogP contribution is -2.35. The Balaban J connectivity index is 1.85. The first kappa shape index (κ1) is 31.6. The maximum absolute atomic E-state index is 13.8. The summed E-state index contributed by atoms with van der Waals surface area (Å²) in [6, 6.07) is 4.28. The molecule has 1 saturated carbocycles. The molecule has 42 heavy (non-hydrogen) atoms. The summed E-state index contributed by atoms with van der Waals surface area (Å²) in [7, 11) is 2.83. The Hall–Kier alpha value is -3.36. The molecule has 1 heterocycles. The molecule has 1 fully saturated rings. The molecule has 230 valence electrons. The van der Waals surface area contributed by atoms with Crippen molar-refractivity contribution in [2.45, 2.75) is 69.8 Å². The summed E-state index contributed by atoms with van der Waals surface area (Å²) in [5.74, 6) is -0.231. The SMILES string of the molecule is COC(C)(c1ccc(C(F)(F)F)cc1CN(Cc1cc(C(F)(F)F)cc(C(F)(F)F)c1)c1nnn(C)n1)C1CCCC1. The smallest absolute Gasteiger partial charge is 0.374 e. The van der Waals surface area contributed by atoms with Gasteiger partial charge in [0.2, 0.25) is 0 Å². The summed E-state index contributed by atoms with van der Waals surface area (Å²) in [6.45, 7) is 0.776. The van der Waals surface area contributed by atoms with Crippen LogP contribution in [0.25, 0.3) is 0 Å². The van der Waals surface area contributed by atoms with Crippen molar-refractivity contribution in [2.75, 3.05) is 12.0 Å². The standard InChI is InChI=1S/C27H28F9N5O/c1-24(42-3,18-6-4-5-7-18)22-9-8-19(25(28,29)30)12-17(22)15-41(23-37-39-40(2)38-23)14-16-10-20(26(31,32)33)13-21(11-16)27(34,35)36/h8-13,18H,4-7,14-15H2,1-3H3. The van der Waals surface area contributed by atoms with Crippen molar-refractivity contribution in [1.29, 1.82) is 0 Å². The van der Waals surface area contributed by atoms with E-state index in [0.29, 0.717) is 17.7 Å². The fourth-order valence-corrected chi connectivity index (χ4v) is 5.49. The number of benzene rings is 2. The Morgan fingerprint density at radius 2 is 1.40 bits per heavy atom. The van der Waals surface area contributed by atoms with Gasteiger partial charge in [0, 0.05) is 20.2 Å². The van der Waals surface area contributed by atoms with Gasteiger partial charge in [0.05, 0.1) is 29.3 Å². The van der Waals surface area contributed by atoms with Crippen LogP contribution in [0.1, 0.15) is 66.0 Å². The molecule has 0 bridgehead atoms. The Kier molecular flexibility index (Phi) is 8.55. The third-order valence-electron chi connectivity index (χ3n) is 7.69. The molecule has 3 aromatic rings. The van der Waals surface area contributed by atoms with Gasteiger partial charge in [-0.25, -0.2) is 0 Å². The molecule has 0 amide bonds. The molecule has 6 nitrogen and oxygen atoms in total. The second-order valence-corrected chi connectivity index (χ2v) is 10.5. The number of hydrogen-bond donors (Lipinski definition) is 0. The molecule has 0 aliphatic heterocycles. The molecule has 4 rings (SSSR count). The van der Waals surface area contributed by atoms with Crippen molar-refractivity contribution >= 4 is 5.95 Å². The van der Waals surface area contributed by atoms with Gasteiger partial charge < -0.3 is 9.64 Å². The molecular formula is C27H28F9N5O. The summed E-state index contributed by atoms with van der Waals surface area (Å²) in [5.41, 5.74) is -4.91. The number of rotatable bonds is 8. The zero-order valence-electron chi connectivity index (χ0n) is 22.8. The van der Waals surface area contributed by atoms with E-state index < -0.39 is 59.5 Å². The average Bonchev–Trinajstić information content (AvgIpc) is 3.59. The molecule has 0 spiro atoms.